The molecule has 3 atom stereocenters. The normalized spacial score (nSPS) is 14.5. The predicted molar refractivity (Wildman–Crippen MR) is 373 cm³/mol. The van der Waals surface area contributed by atoms with E-state index in [0.29, 0.717) is 17.4 Å². The van der Waals surface area contributed by atoms with Gasteiger partial charge in [-0.2, -0.15) is 0 Å². The van der Waals surface area contributed by atoms with Gasteiger partial charge < -0.3 is 19.4 Å². The maximum absolute atomic E-state index is 13.6. The van der Waals surface area contributed by atoms with Gasteiger partial charge in [0.05, 0.1) is 33.8 Å². The number of quaternary nitrogens is 1. The summed E-state index contributed by atoms with van der Waals surface area (Å²) in [5.74, 6) is -0.543. The number of phosphoric acid groups is 1. The van der Waals surface area contributed by atoms with Crippen LogP contribution in [0, 0.1) is 0 Å². The molecule has 0 aromatic rings. The highest BCUT2D eigenvalue weighted by Gasteiger charge is 2.30. The Morgan fingerprint density at radius 1 is 0.419 bits per heavy atom. The molecule has 0 heterocycles. The standard InChI is InChI=1S/C76H129N2O7P/c1-7-10-13-16-19-22-25-28-30-32-34-36-38-39-41-42-44-46-48-50-53-56-59-62-65-68-75(79)77-73(72-84-86(81,82)83-71-70-78(4,5)6)74(67-64-61-58-55-52-27-24-21-18-15-12-9-3)85-76(80)69-66-63-60-57-54-51-49-47-45-43-40-37-35-33-31-29-26-23-20-17-14-11-8-2/h10-11,13-14,19-20,22-23,28-31,34-37,39,41,43-46,64,67,73-74H,7-9,12,15-18,21,24-27,32-33,38,40,42,47-63,65-66,68-72H2,1-6H3,(H-,77,79,81,82)/p+1/b13-10-,14-11-,22-19-,23-20-,30-28-,31-29-,36-34-,37-35-,41-39-,45-43-,46-44-,67-64+. The van der Waals surface area contributed by atoms with Crippen LogP contribution in [-0.4, -0.2) is 74.3 Å². The molecule has 2 N–H and O–H groups in total. The van der Waals surface area contributed by atoms with Gasteiger partial charge in [0.15, 0.2) is 0 Å². The molecule has 10 heteroatoms. The summed E-state index contributed by atoms with van der Waals surface area (Å²) in [6, 6.07) is -0.874. The lowest BCUT2D eigenvalue weighted by Gasteiger charge is -2.27. The van der Waals surface area contributed by atoms with E-state index in [4.69, 9.17) is 13.8 Å². The van der Waals surface area contributed by atoms with E-state index in [0.717, 1.165) is 167 Å². The van der Waals surface area contributed by atoms with Crippen LogP contribution < -0.4 is 5.32 Å². The molecule has 0 aromatic heterocycles. The molecule has 0 radical (unpaired) electrons. The van der Waals surface area contributed by atoms with E-state index in [-0.39, 0.29) is 31.5 Å². The fourth-order valence-electron chi connectivity index (χ4n) is 9.26. The lowest BCUT2D eigenvalue weighted by atomic mass is 10.0. The Hall–Kier alpha value is -4.11. The summed E-state index contributed by atoms with van der Waals surface area (Å²) < 4.78 is 30.8. The number of esters is 1. The summed E-state index contributed by atoms with van der Waals surface area (Å²) >= 11 is 0. The average molecular weight is 1210 g/mol. The number of ether oxygens (including phenoxy) is 1. The summed E-state index contributed by atoms with van der Waals surface area (Å²) in [6.07, 6.45) is 92.8. The van der Waals surface area contributed by atoms with Gasteiger partial charge in [-0.05, 0) is 128 Å². The fourth-order valence-corrected chi connectivity index (χ4v) is 10.00. The van der Waals surface area contributed by atoms with Crippen molar-refractivity contribution in [1.82, 2.24) is 5.32 Å². The van der Waals surface area contributed by atoms with Gasteiger partial charge in [-0.25, -0.2) is 4.57 Å². The Balaban J connectivity index is 5.19. The number of carbonyl (C=O) groups is 2. The number of phosphoric ester groups is 1. The van der Waals surface area contributed by atoms with Gasteiger partial charge in [0.1, 0.15) is 19.3 Å². The number of hydrogen-bond donors (Lipinski definition) is 2. The van der Waals surface area contributed by atoms with Crippen molar-refractivity contribution >= 4 is 19.7 Å². The minimum Gasteiger partial charge on any atom is -0.456 e. The zero-order valence-corrected chi connectivity index (χ0v) is 56.9. The second-order valence-electron chi connectivity index (χ2n) is 23.9. The highest BCUT2D eigenvalue weighted by Crippen LogP contribution is 2.43. The van der Waals surface area contributed by atoms with Crippen molar-refractivity contribution in [3.05, 3.63) is 146 Å². The van der Waals surface area contributed by atoms with Crippen LogP contribution in [0.5, 0.6) is 0 Å². The maximum atomic E-state index is 13.6. The molecule has 0 aliphatic carbocycles. The molecule has 9 nitrogen and oxygen atoms in total. The minimum atomic E-state index is -4.47. The molecule has 1 amide bonds. The number of likely N-dealkylation sites (N-methyl/N-ethyl adjacent to an activating group) is 1. The van der Waals surface area contributed by atoms with E-state index < -0.39 is 20.0 Å². The van der Waals surface area contributed by atoms with Crippen LogP contribution >= 0.6 is 7.82 Å². The first-order valence-electron chi connectivity index (χ1n) is 34.7. The number of unbranched alkanes of at least 4 members (excludes halogenated alkanes) is 23. The number of hydrogen-bond acceptors (Lipinski definition) is 6. The topological polar surface area (TPSA) is 111 Å². The van der Waals surface area contributed by atoms with E-state index in [1.807, 2.05) is 33.3 Å². The lowest BCUT2D eigenvalue weighted by molar-refractivity contribution is -0.870. The summed E-state index contributed by atoms with van der Waals surface area (Å²) in [4.78, 5) is 37.9. The molecule has 0 fully saturated rings. The number of allylic oxidation sites excluding steroid dienone is 23. The van der Waals surface area contributed by atoms with Gasteiger partial charge in [0.2, 0.25) is 5.91 Å². The summed E-state index contributed by atoms with van der Waals surface area (Å²) in [5, 5.41) is 3.05. The molecular formula is C76H130N2O7P+. The first kappa shape index (κ1) is 81.9. The summed E-state index contributed by atoms with van der Waals surface area (Å²) in [6.45, 7) is 6.76. The van der Waals surface area contributed by atoms with Gasteiger partial charge in [-0.15, -0.1) is 0 Å². The number of nitrogens with one attached hydrogen (secondary N) is 1. The van der Waals surface area contributed by atoms with Crippen LogP contribution in [0.4, 0.5) is 0 Å². The Morgan fingerprint density at radius 3 is 1.12 bits per heavy atom. The first-order valence-corrected chi connectivity index (χ1v) is 36.2. The number of rotatable bonds is 61. The van der Waals surface area contributed by atoms with Gasteiger partial charge in [0.25, 0.3) is 0 Å². The minimum absolute atomic E-state index is 0.0269. The highest BCUT2D eigenvalue weighted by molar-refractivity contribution is 7.47. The van der Waals surface area contributed by atoms with Crippen molar-refractivity contribution in [2.75, 3.05) is 40.9 Å². The molecular weight excluding hydrogens is 1080 g/mol. The van der Waals surface area contributed by atoms with E-state index >= 15 is 0 Å². The zero-order valence-electron chi connectivity index (χ0n) is 56.0. The molecule has 0 saturated carbocycles. The van der Waals surface area contributed by atoms with Crippen LogP contribution in [-0.2, 0) is 27.9 Å². The second-order valence-corrected chi connectivity index (χ2v) is 25.4. The van der Waals surface area contributed by atoms with Gasteiger partial charge >= 0.3 is 13.8 Å². The SMILES string of the molecule is CC/C=C\C/C=C\C/C=C\C/C=C\C/C=C\C/C=C\CCCCCCCCC(=O)NC(COP(=O)(O)OCC[N+](C)(C)C)C(/C=C/CCCCCCCCCCCC)OC(=O)CCCCCCCCC/C=C\C/C=C\C/C=C\C/C=C\C/C=C\CC. The third-order valence-electron chi connectivity index (χ3n) is 14.5. The van der Waals surface area contributed by atoms with E-state index in [9.17, 15) is 19.0 Å². The molecule has 0 aromatic carbocycles. The molecule has 0 bridgehead atoms. The number of carbonyl (C=O) groups excluding carboxylic acids is 2. The zero-order chi connectivity index (χ0) is 62.8. The van der Waals surface area contributed by atoms with E-state index in [1.54, 1.807) is 0 Å². The summed E-state index contributed by atoms with van der Waals surface area (Å²) in [5.41, 5.74) is 0. The molecule has 0 aliphatic rings. The van der Waals surface area contributed by atoms with Crippen molar-refractivity contribution in [2.45, 2.75) is 283 Å². The molecule has 0 saturated heterocycles. The van der Waals surface area contributed by atoms with Crippen LogP contribution in [0.15, 0.2) is 146 Å². The molecule has 0 rings (SSSR count). The van der Waals surface area contributed by atoms with Crippen molar-refractivity contribution in [3.8, 4) is 0 Å². The fraction of sp³-hybridized carbons (Fsp3) is 0.658. The molecule has 490 valence electrons. The van der Waals surface area contributed by atoms with E-state index in [1.165, 1.54) is 70.6 Å². The third-order valence-corrected chi connectivity index (χ3v) is 15.5. The number of nitrogens with zero attached hydrogens (tertiary/aromatic N) is 1. The van der Waals surface area contributed by atoms with E-state index in [2.05, 4.69) is 160 Å². The smallest absolute Gasteiger partial charge is 0.456 e. The Bertz CT molecular complexity index is 1980. The lowest BCUT2D eigenvalue weighted by Crippen LogP contribution is -2.47. The molecule has 0 aliphatic heterocycles. The Labute approximate surface area is 529 Å². The van der Waals surface area contributed by atoms with Gasteiger partial charge in [-0.3, -0.25) is 18.6 Å². The van der Waals surface area contributed by atoms with Crippen molar-refractivity contribution in [2.24, 2.45) is 0 Å². The predicted octanol–water partition coefficient (Wildman–Crippen LogP) is 22.2. The second kappa shape index (κ2) is 63.9. The third kappa shape index (κ3) is 64.4. The number of amides is 1. The van der Waals surface area contributed by atoms with Crippen LogP contribution in [0.3, 0.4) is 0 Å². The van der Waals surface area contributed by atoms with Crippen LogP contribution in [0.1, 0.15) is 271 Å². The molecule has 86 heavy (non-hydrogen) atoms. The quantitative estimate of drug-likeness (QED) is 0.0205. The Morgan fingerprint density at radius 2 is 0.744 bits per heavy atom. The average Bonchev–Trinajstić information content (AvgIpc) is 3.69. The maximum Gasteiger partial charge on any atom is 0.472 e. The van der Waals surface area contributed by atoms with Crippen molar-refractivity contribution < 1.29 is 37.3 Å². The first-order chi connectivity index (χ1) is 41.9. The van der Waals surface area contributed by atoms with Crippen LogP contribution in [0.2, 0.25) is 0 Å². The Kier molecular flexibility index (Phi) is 60.8. The van der Waals surface area contributed by atoms with Crippen LogP contribution in [0.25, 0.3) is 0 Å². The molecule has 0 spiro atoms. The van der Waals surface area contributed by atoms with Gasteiger partial charge in [-0.1, -0.05) is 276 Å². The monoisotopic (exact) mass is 1210 g/mol. The largest absolute Gasteiger partial charge is 0.472 e. The van der Waals surface area contributed by atoms with Gasteiger partial charge in [0, 0.05) is 12.8 Å². The van der Waals surface area contributed by atoms with Crippen molar-refractivity contribution in [3.63, 3.8) is 0 Å². The molecule has 3 unspecified atom stereocenters. The van der Waals surface area contributed by atoms with Crippen molar-refractivity contribution in [1.29, 1.82) is 0 Å². The highest BCUT2D eigenvalue weighted by atomic mass is 31.2. The summed E-state index contributed by atoms with van der Waals surface area (Å²) in [7, 11) is 1.46.